The van der Waals surface area contributed by atoms with Gasteiger partial charge in [0.25, 0.3) is 0 Å². The normalized spacial score (nSPS) is 11.8. The lowest BCUT2D eigenvalue weighted by Gasteiger charge is -2.15. The molecule has 6 aromatic carbocycles. The number of thiophene rings is 1. The molecule has 2 heteroatoms. The van der Waals surface area contributed by atoms with Gasteiger partial charge in [-0.3, -0.25) is 0 Å². The summed E-state index contributed by atoms with van der Waals surface area (Å²) in [6, 6.07) is 43.8. The van der Waals surface area contributed by atoms with Crippen LogP contribution in [0.2, 0.25) is 0 Å². The fourth-order valence-electron chi connectivity index (χ4n) is 6.09. The summed E-state index contributed by atoms with van der Waals surface area (Å²) < 4.78 is 2.54. The number of aromatic nitrogens is 1. The molecular weight excluding hydrogens is 478 g/mol. The number of benzene rings is 6. The van der Waals surface area contributed by atoms with E-state index in [0.717, 1.165) is 16.8 Å². The third kappa shape index (κ3) is 3.08. The first-order chi connectivity index (χ1) is 18.8. The Morgan fingerprint density at radius 3 is 1.74 bits per heavy atom. The van der Waals surface area contributed by atoms with Crippen LogP contribution < -0.4 is 0 Å². The Morgan fingerprint density at radius 2 is 1.05 bits per heavy atom. The first-order valence-corrected chi connectivity index (χ1v) is 13.8. The predicted molar refractivity (Wildman–Crippen MR) is 165 cm³/mol. The van der Waals surface area contributed by atoms with Crippen molar-refractivity contribution in [2.45, 2.75) is 6.92 Å². The van der Waals surface area contributed by atoms with Gasteiger partial charge in [0, 0.05) is 21.2 Å². The number of fused-ring (bicyclic) bond motifs is 9. The molecule has 0 bridgehead atoms. The molecule has 0 radical (unpaired) electrons. The zero-order valence-corrected chi connectivity index (χ0v) is 21.7. The molecule has 0 spiro atoms. The highest BCUT2D eigenvalue weighted by Gasteiger charge is 2.19. The van der Waals surface area contributed by atoms with Crippen molar-refractivity contribution in [2.24, 2.45) is 0 Å². The highest BCUT2D eigenvalue weighted by molar-refractivity contribution is 7.26. The van der Waals surface area contributed by atoms with Gasteiger partial charge >= 0.3 is 0 Å². The van der Waals surface area contributed by atoms with Crippen LogP contribution in [0.5, 0.6) is 0 Å². The zero-order valence-electron chi connectivity index (χ0n) is 20.9. The molecule has 0 saturated heterocycles. The molecule has 0 N–H and O–H groups in total. The molecule has 8 aromatic rings. The van der Waals surface area contributed by atoms with Crippen LogP contribution in [0.15, 0.2) is 121 Å². The minimum atomic E-state index is 1.05. The van der Waals surface area contributed by atoms with Crippen LogP contribution in [0.25, 0.3) is 75.0 Å². The van der Waals surface area contributed by atoms with Crippen LogP contribution in [0, 0.1) is 6.92 Å². The van der Waals surface area contributed by atoms with Gasteiger partial charge < -0.3 is 0 Å². The van der Waals surface area contributed by atoms with E-state index in [0.29, 0.717) is 0 Å². The minimum absolute atomic E-state index is 1.05. The van der Waals surface area contributed by atoms with Gasteiger partial charge in [0.15, 0.2) is 0 Å². The molecule has 0 aliphatic carbocycles. The highest BCUT2D eigenvalue weighted by atomic mass is 32.1. The smallest absolute Gasteiger partial charge is 0.0902 e. The number of hydrogen-bond donors (Lipinski definition) is 0. The fourth-order valence-corrected chi connectivity index (χ4v) is 7.35. The van der Waals surface area contributed by atoms with E-state index in [-0.39, 0.29) is 0 Å². The average Bonchev–Trinajstić information content (AvgIpc) is 3.35. The molecule has 178 valence electrons. The monoisotopic (exact) mass is 501 g/mol. The lowest BCUT2D eigenvalue weighted by Crippen LogP contribution is -1.94. The van der Waals surface area contributed by atoms with Crippen molar-refractivity contribution in [1.82, 2.24) is 4.98 Å². The van der Waals surface area contributed by atoms with E-state index in [1.807, 2.05) is 11.3 Å². The molecule has 0 atom stereocenters. The van der Waals surface area contributed by atoms with Crippen molar-refractivity contribution in [2.75, 3.05) is 0 Å². The molecule has 0 saturated carbocycles. The summed E-state index contributed by atoms with van der Waals surface area (Å²) in [6.07, 6.45) is 0. The largest absolute Gasteiger partial charge is 0.246 e. The highest BCUT2D eigenvalue weighted by Crippen LogP contribution is 2.44. The van der Waals surface area contributed by atoms with Crippen LogP contribution in [0.4, 0.5) is 0 Å². The second-order valence-electron chi connectivity index (χ2n) is 9.95. The first kappa shape index (κ1) is 21.5. The Kier molecular flexibility index (Phi) is 4.67. The third-order valence-electron chi connectivity index (χ3n) is 7.83. The maximum absolute atomic E-state index is 5.38. The molecule has 0 unspecified atom stereocenters. The van der Waals surface area contributed by atoms with Crippen LogP contribution in [-0.2, 0) is 0 Å². The SMILES string of the molecule is Cc1c(-c2ccc3c4ccccc4c4ccccc4c3c2)nc2c(sc3ccccc32)c1-c1ccccc1. The van der Waals surface area contributed by atoms with Crippen LogP contribution in [0.1, 0.15) is 5.56 Å². The Morgan fingerprint density at radius 1 is 0.500 bits per heavy atom. The van der Waals surface area contributed by atoms with Crippen molar-refractivity contribution in [3.8, 4) is 22.4 Å². The second kappa shape index (κ2) is 8.24. The van der Waals surface area contributed by atoms with Gasteiger partial charge in [-0.05, 0) is 62.5 Å². The number of rotatable bonds is 2. The molecule has 8 rings (SSSR count). The summed E-state index contributed by atoms with van der Waals surface area (Å²) in [6.45, 7) is 2.23. The second-order valence-corrected chi connectivity index (χ2v) is 11.0. The standard InChI is InChI=1S/C36H23NS/c1-22-33(23-11-3-2-4-12-23)36-35(30-17-9-10-18-32(30)38-36)37-34(22)24-19-20-29-27-15-6-5-13-25(27)26-14-7-8-16-28(26)31(29)21-24/h2-21H,1H3. The summed E-state index contributed by atoms with van der Waals surface area (Å²) in [5.41, 5.74) is 7.05. The van der Waals surface area contributed by atoms with E-state index < -0.39 is 0 Å². The number of nitrogens with zero attached hydrogens (tertiary/aromatic N) is 1. The topological polar surface area (TPSA) is 12.9 Å². The summed E-state index contributed by atoms with van der Waals surface area (Å²) in [5, 5.41) is 8.95. The van der Waals surface area contributed by atoms with E-state index in [9.17, 15) is 0 Å². The van der Waals surface area contributed by atoms with Gasteiger partial charge in [-0.1, -0.05) is 109 Å². The summed E-state index contributed by atoms with van der Waals surface area (Å²) >= 11 is 1.84. The molecule has 0 fully saturated rings. The van der Waals surface area contributed by atoms with E-state index >= 15 is 0 Å². The molecule has 1 nitrogen and oxygen atoms in total. The van der Waals surface area contributed by atoms with Crippen molar-refractivity contribution in [1.29, 1.82) is 0 Å². The Hall–Kier alpha value is -4.53. The maximum Gasteiger partial charge on any atom is 0.0902 e. The van der Waals surface area contributed by atoms with Crippen molar-refractivity contribution in [3.63, 3.8) is 0 Å². The van der Waals surface area contributed by atoms with Crippen LogP contribution >= 0.6 is 11.3 Å². The van der Waals surface area contributed by atoms with Crippen molar-refractivity contribution in [3.05, 3.63) is 127 Å². The van der Waals surface area contributed by atoms with Crippen molar-refractivity contribution < 1.29 is 0 Å². The van der Waals surface area contributed by atoms with E-state index in [4.69, 9.17) is 4.98 Å². The fraction of sp³-hybridized carbons (Fsp3) is 0.0278. The van der Waals surface area contributed by atoms with Gasteiger partial charge in [0.2, 0.25) is 0 Å². The Bertz CT molecular complexity index is 2150. The lowest BCUT2D eigenvalue weighted by atomic mass is 9.91. The molecule has 0 aliphatic rings. The minimum Gasteiger partial charge on any atom is -0.246 e. The number of pyridine rings is 1. The van der Waals surface area contributed by atoms with E-state index in [1.54, 1.807) is 0 Å². The maximum atomic E-state index is 5.38. The van der Waals surface area contributed by atoms with Gasteiger partial charge in [-0.15, -0.1) is 11.3 Å². The Labute approximate surface area is 224 Å². The molecule has 38 heavy (non-hydrogen) atoms. The molecule has 2 heterocycles. The van der Waals surface area contributed by atoms with Crippen LogP contribution in [-0.4, -0.2) is 4.98 Å². The average molecular weight is 502 g/mol. The molecule has 0 aliphatic heterocycles. The molecule has 2 aromatic heterocycles. The van der Waals surface area contributed by atoms with Crippen LogP contribution in [0.3, 0.4) is 0 Å². The van der Waals surface area contributed by atoms with Crippen molar-refractivity contribution >= 4 is 64.0 Å². The van der Waals surface area contributed by atoms with Gasteiger partial charge in [0.05, 0.1) is 15.9 Å². The predicted octanol–water partition coefficient (Wildman–Crippen LogP) is 10.6. The molecule has 0 amide bonds. The Balaban J connectivity index is 1.50. The summed E-state index contributed by atoms with van der Waals surface area (Å²) in [4.78, 5) is 5.38. The number of hydrogen-bond acceptors (Lipinski definition) is 2. The summed E-state index contributed by atoms with van der Waals surface area (Å²) in [7, 11) is 0. The van der Waals surface area contributed by atoms with Gasteiger partial charge in [0.1, 0.15) is 0 Å². The van der Waals surface area contributed by atoms with Gasteiger partial charge in [-0.2, -0.15) is 0 Å². The van der Waals surface area contributed by atoms with Gasteiger partial charge in [-0.25, -0.2) is 4.98 Å². The zero-order chi connectivity index (χ0) is 25.2. The first-order valence-electron chi connectivity index (χ1n) is 13.0. The molecular formula is C36H23NS. The quantitative estimate of drug-likeness (QED) is 0.215. The van der Waals surface area contributed by atoms with E-state index in [2.05, 4.69) is 128 Å². The third-order valence-corrected chi connectivity index (χ3v) is 9.01. The lowest BCUT2D eigenvalue weighted by molar-refractivity contribution is 1.34. The van der Waals surface area contributed by atoms with E-state index in [1.165, 1.54) is 63.8 Å². The summed E-state index contributed by atoms with van der Waals surface area (Å²) in [5.74, 6) is 0.